The van der Waals surface area contributed by atoms with E-state index in [9.17, 15) is 14.7 Å². The Hall–Kier alpha value is -2.15. The molecule has 7 heteroatoms. The maximum absolute atomic E-state index is 12.5. The average molecular weight is 386 g/mol. The summed E-state index contributed by atoms with van der Waals surface area (Å²) >= 11 is 0. The standard InChI is InChI=1S/C21H30N4O3/c1-16(26)25-14-18(27)12-21(15-25)6-10-23(11-7-21)19-5-4-17(13-22-19)20(28)24-8-2-3-9-24/h4-5,13,18,27H,2-3,6-12,14-15H2,1H3. The molecule has 0 saturated carbocycles. The second-order valence-corrected chi connectivity index (χ2v) is 8.65. The molecule has 1 N–H and O–H groups in total. The number of hydrogen-bond acceptors (Lipinski definition) is 5. The predicted octanol–water partition coefficient (Wildman–Crippen LogP) is 1.52. The van der Waals surface area contributed by atoms with Crippen LogP contribution in [0, 0.1) is 5.41 Å². The molecule has 3 aliphatic rings. The van der Waals surface area contributed by atoms with E-state index in [-0.39, 0.29) is 17.2 Å². The third-order valence-corrected chi connectivity index (χ3v) is 6.61. The zero-order valence-electron chi connectivity index (χ0n) is 16.6. The van der Waals surface area contributed by atoms with Crippen molar-refractivity contribution in [3.05, 3.63) is 23.9 Å². The molecule has 7 nitrogen and oxygen atoms in total. The Bertz CT molecular complexity index is 722. The number of anilines is 1. The summed E-state index contributed by atoms with van der Waals surface area (Å²) in [6.45, 7) is 6.17. The molecule has 4 heterocycles. The zero-order chi connectivity index (χ0) is 19.7. The Morgan fingerprint density at radius 1 is 1.11 bits per heavy atom. The van der Waals surface area contributed by atoms with Crippen molar-refractivity contribution in [1.82, 2.24) is 14.8 Å². The Balaban J connectivity index is 1.38. The van der Waals surface area contributed by atoms with Gasteiger partial charge in [0.1, 0.15) is 5.82 Å². The second kappa shape index (κ2) is 7.70. The largest absolute Gasteiger partial charge is 0.391 e. The number of hydrogen-bond donors (Lipinski definition) is 1. The minimum atomic E-state index is -0.432. The number of aliphatic hydroxyl groups excluding tert-OH is 1. The van der Waals surface area contributed by atoms with Crippen molar-refractivity contribution in [1.29, 1.82) is 0 Å². The molecule has 0 aliphatic carbocycles. The second-order valence-electron chi connectivity index (χ2n) is 8.65. The fourth-order valence-corrected chi connectivity index (χ4v) is 4.97. The van der Waals surface area contributed by atoms with E-state index in [1.54, 1.807) is 18.0 Å². The topological polar surface area (TPSA) is 77.0 Å². The van der Waals surface area contributed by atoms with Crippen LogP contribution in [0.3, 0.4) is 0 Å². The lowest BCUT2D eigenvalue weighted by atomic mass is 9.71. The van der Waals surface area contributed by atoms with Gasteiger partial charge < -0.3 is 19.8 Å². The Morgan fingerprint density at radius 2 is 1.82 bits per heavy atom. The number of carbonyl (C=O) groups is 2. The highest BCUT2D eigenvalue weighted by Gasteiger charge is 2.42. The Kier molecular flexibility index (Phi) is 5.27. The van der Waals surface area contributed by atoms with Crippen molar-refractivity contribution < 1.29 is 14.7 Å². The molecule has 0 radical (unpaired) electrons. The molecule has 28 heavy (non-hydrogen) atoms. The van der Waals surface area contributed by atoms with Gasteiger partial charge in [0.15, 0.2) is 0 Å². The van der Waals surface area contributed by atoms with Gasteiger partial charge in [-0.3, -0.25) is 9.59 Å². The van der Waals surface area contributed by atoms with E-state index in [0.29, 0.717) is 12.1 Å². The number of aromatic nitrogens is 1. The van der Waals surface area contributed by atoms with Gasteiger partial charge in [-0.05, 0) is 49.7 Å². The smallest absolute Gasteiger partial charge is 0.255 e. The first kappa shape index (κ1) is 19.2. The van der Waals surface area contributed by atoms with Gasteiger partial charge in [-0.1, -0.05) is 0 Å². The molecule has 4 rings (SSSR count). The summed E-state index contributed by atoms with van der Waals surface area (Å²) in [7, 11) is 0. The molecule has 2 amide bonds. The first-order valence-electron chi connectivity index (χ1n) is 10.4. The Morgan fingerprint density at radius 3 is 2.43 bits per heavy atom. The van der Waals surface area contributed by atoms with Gasteiger partial charge in [-0.15, -0.1) is 0 Å². The molecule has 1 spiro atoms. The molecular weight excluding hydrogens is 356 g/mol. The molecule has 3 saturated heterocycles. The Labute approximate surface area is 166 Å². The number of β-amino-alcohol motifs (C(OH)–C–C–N with tert-alkyl or cyclic N) is 1. The quantitative estimate of drug-likeness (QED) is 0.834. The molecule has 0 bridgehead atoms. The van der Waals surface area contributed by atoms with Gasteiger partial charge in [0.05, 0.1) is 11.7 Å². The van der Waals surface area contributed by atoms with Crippen molar-refractivity contribution in [3.8, 4) is 0 Å². The summed E-state index contributed by atoms with van der Waals surface area (Å²) < 4.78 is 0. The SMILES string of the molecule is CC(=O)N1CC(O)CC2(CCN(c3ccc(C(=O)N4CCCC4)cn3)CC2)C1. The fourth-order valence-electron chi connectivity index (χ4n) is 4.97. The predicted molar refractivity (Wildman–Crippen MR) is 106 cm³/mol. The molecule has 3 aliphatic heterocycles. The van der Waals surface area contributed by atoms with Crippen LogP contribution in [0.4, 0.5) is 5.82 Å². The molecule has 1 atom stereocenters. The number of nitrogens with zero attached hydrogens (tertiary/aromatic N) is 4. The van der Waals surface area contributed by atoms with E-state index < -0.39 is 6.10 Å². The van der Waals surface area contributed by atoms with E-state index in [1.807, 2.05) is 17.0 Å². The number of amides is 2. The van der Waals surface area contributed by atoms with Crippen molar-refractivity contribution in [2.75, 3.05) is 44.2 Å². The minimum Gasteiger partial charge on any atom is -0.391 e. The van der Waals surface area contributed by atoms with Crippen molar-refractivity contribution in [2.24, 2.45) is 5.41 Å². The van der Waals surface area contributed by atoms with Gasteiger partial charge in [0, 0.05) is 52.4 Å². The highest BCUT2D eigenvalue weighted by atomic mass is 16.3. The van der Waals surface area contributed by atoms with E-state index in [1.165, 1.54) is 0 Å². The van der Waals surface area contributed by atoms with Gasteiger partial charge in [0.2, 0.25) is 5.91 Å². The summed E-state index contributed by atoms with van der Waals surface area (Å²) in [4.78, 5) is 34.8. The molecule has 1 unspecified atom stereocenters. The summed E-state index contributed by atoms with van der Waals surface area (Å²) in [5.74, 6) is 1.02. The van der Waals surface area contributed by atoms with Crippen LogP contribution in [0.15, 0.2) is 18.3 Å². The molecule has 1 aromatic rings. The van der Waals surface area contributed by atoms with Crippen LogP contribution in [0.2, 0.25) is 0 Å². The van der Waals surface area contributed by atoms with Crippen molar-refractivity contribution >= 4 is 17.6 Å². The molecule has 1 aromatic heterocycles. The normalized spacial score (nSPS) is 24.6. The average Bonchev–Trinajstić information content (AvgIpc) is 3.22. The highest BCUT2D eigenvalue weighted by Crippen LogP contribution is 2.40. The third-order valence-electron chi connectivity index (χ3n) is 6.61. The first-order chi connectivity index (χ1) is 13.5. The zero-order valence-corrected chi connectivity index (χ0v) is 16.6. The van der Waals surface area contributed by atoms with Crippen molar-refractivity contribution in [3.63, 3.8) is 0 Å². The van der Waals surface area contributed by atoms with Gasteiger partial charge in [-0.25, -0.2) is 4.98 Å². The molecule has 152 valence electrons. The maximum atomic E-state index is 12.5. The lowest BCUT2D eigenvalue weighted by Crippen LogP contribution is -2.55. The van der Waals surface area contributed by atoms with Crippen LogP contribution in [0.1, 0.15) is 49.4 Å². The van der Waals surface area contributed by atoms with Crippen LogP contribution in [-0.4, -0.2) is 77.1 Å². The van der Waals surface area contributed by atoms with E-state index in [2.05, 4.69) is 9.88 Å². The number of carbonyl (C=O) groups excluding carboxylic acids is 2. The number of rotatable bonds is 2. The van der Waals surface area contributed by atoms with Crippen LogP contribution in [0.5, 0.6) is 0 Å². The molecule has 3 fully saturated rings. The van der Waals surface area contributed by atoms with Gasteiger partial charge >= 0.3 is 0 Å². The van der Waals surface area contributed by atoms with E-state index >= 15 is 0 Å². The summed E-state index contributed by atoms with van der Waals surface area (Å²) in [5, 5.41) is 10.2. The number of likely N-dealkylation sites (tertiary alicyclic amines) is 2. The molecule has 0 aromatic carbocycles. The van der Waals surface area contributed by atoms with Crippen LogP contribution in [0.25, 0.3) is 0 Å². The van der Waals surface area contributed by atoms with Crippen LogP contribution in [-0.2, 0) is 4.79 Å². The monoisotopic (exact) mass is 386 g/mol. The highest BCUT2D eigenvalue weighted by molar-refractivity contribution is 5.94. The number of piperidine rings is 2. The minimum absolute atomic E-state index is 0.00545. The van der Waals surface area contributed by atoms with E-state index in [4.69, 9.17) is 0 Å². The van der Waals surface area contributed by atoms with Crippen LogP contribution >= 0.6 is 0 Å². The number of pyridine rings is 1. The summed E-state index contributed by atoms with van der Waals surface area (Å²) in [5.41, 5.74) is 0.664. The van der Waals surface area contributed by atoms with Crippen LogP contribution < -0.4 is 4.90 Å². The fraction of sp³-hybridized carbons (Fsp3) is 0.667. The van der Waals surface area contributed by atoms with Gasteiger partial charge in [-0.2, -0.15) is 0 Å². The van der Waals surface area contributed by atoms with E-state index in [0.717, 1.165) is 70.6 Å². The lowest BCUT2D eigenvalue weighted by molar-refractivity contribution is -0.137. The summed E-state index contributed by atoms with van der Waals surface area (Å²) in [6, 6.07) is 3.83. The maximum Gasteiger partial charge on any atom is 0.255 e. The summed E-state index contributed by atoms with van der Waals surface area (Å²) in [6.07, 6.45) is 6.07. The van der Waals surface area contributed by atoms with Crippen molar-refractivity contribution in [2.45, 2.75) is 45.1 Å². The lowest BCUT2D eigenvalue weighted by Gasteiger charge is -2.49. The third kappa shape index (κ3) is 3.85. The molecular formula is C21H30N4O3. The first-order valence-corrected chi connectivity index (χ1v) is 10.4. The number of aliphatic hydroxyl groups is 1. The van der Waals surface area contributed by atoms with Gasteiger partial charge in [0.25, 0.3) is 5.91 Å².